The number of carbonyl (C=O) groups excluding carboxylic acids is 1. The number of hydrogen-bond donors (Lipinski definition) is 3. The van der Waals surface area contributed by atoms with E-state index >= 15 is 0 Å². The van der Waals surface area contributed by atoms with Gasteiger partial charge in [0.25, 0.3) is 11.5 Å². The van der Waals surface area contributed by atoms with E-state index in [0.29, 0.717) is 5.56 Å². The molecule has 2 heterocycles. The van der Waals surface area contributed by atoms with Gasteiger partial charge in [-0.15, -0.1) is 0 Å². The van der Waals surface area contributed by atoms with Gasteiger partial charge in [-0.1, -0.05) is 17.7 Å². The number of aromatic hydroxyl groups is 1. The van der Waals surface area contributed by atoms with Gasteiger partial charge in [0.2, 0.25) is 0 Å². The molecule has 0 spiro atoms. The van der Waals surface area contributed by atoms with Crippen molar-refractivity contribution in [2.75, 3.05) is 19.0 Å². The number of benzene rings is 2. The summed E-state index contributed by atoms with van der Waals surface area (Å²) >= 11 is 5.81. The molecule has 3 aromatic rings. The second-order valence-electron chi connectivity index (χ2n) is 7.33. The van der Waals surface area contributed by atoms with Crippen LogP contribution in [-0.2, 0) is 20.4 Å². The number of ether oxygens (including phenoxy) is 1. The quantitative estimate of drug-likeness (QED) is 0.398. The summed E-state index contributed by atoms with van der Waals surface area (Å²) in [5, 5.41) is 17.2. The lowest BCUT2D eigenvalue weighted by Crippen LogP contribution is -2.34. The van der Waals surface area contributed by atoms with Crippen LogP contribution < -0.4 is 26.7 Å². The molecule has 1 aromatic heterocycles. The summed E-state index contributed by atoms with van der Waals surface area (Å²) in [7, 11) is -2.75. The Labute approximate surface area is 202 Å². The Bertz CT molecular complexity index is 1480. The highest BCUT2D eigenvalue weighted by molar-refractivity contribution is 7.66. The molecule has 0 aliphatic carbocycles. The summed E-state index contributed by atoms with van der Waals surface area (Å²) in [6.45, 7) is -0.472. The molecule has 1 aliphatic rings. The van der Waals surface area contributed by atoms with Crippen LogP contribution in [0.2, 0.25) is 5.02 Å². The number of nitrogens with two attached hydrogens (primary N) is 1. The lowest BCUT2D eigenvalue weighted by atomic mass is 10.2. The number of fused-ring (bicyclic) bond motifs is 1. The maximum atomic E-state index is 13.5. The van der Waals surface area contributed by atoms with E-state index in [1.165, 1.54) is 37.4 Å². The van der Waals surface area contributed by atoms with E-state index < -0.39 is 30.6 Å². The van der Waals surface area contributed by atoms with E-state index in [4.69, 9.17) is 26.6 Å². The number of anilines is 1. The molecule has 35 heavy (non-hydrogen) atoms. The normalized spacial score (nSPS) is 16.7. The number of hydrogen-bond acceptors (Lipinski definition) is 8. The van der Waals surface area contributed by atoms with Gasteiger partial charge in [0, 0.05) is 7.11 Å². The first-order valence-corrected chi connectivity index (χ1v) is 11.9. The Morgan fingerprint density at radius 1 is 1.31 bits per heavy atom. The fourth-order valence-corrected chi connectivity index (χ4v) is 5.04. The molecular weight excluding hydrogens is 504 g/mol. The van der Waals surface area contributed by atoms with Gasteiger partial charge in [-0.25, -0.2) is 9.07 Å². The largest absolute Gasteiger partial charge is 0.505 e. The average Bonchev–Trinajstić information content (AvgIpc) is 2.82. The summed E-state index contributed by atoms with van der Waals surface area (Å²) in [6.07, 6.45) is 1.03. The molecule has 14 heteroatoms. The standard InChI is InChI=1S/C21H18ClFN5O6P/c1-33-35(32)17-7-12(34-10-18(24)30)3-5-15(17)26-20(27-35)19-16(29)8-25-28(21(19)31)9-11-2-4-14(23)13(22)6-11/h2-8,29H,9-10H2,1H3,(H2,24,30)(H,26,27,32). The van der Waals surface area contributed by atoms with Gasteiger partial charge in [0.1, 0.15) is 17.1 Å². The highest BCUT2D eigenvalue weighted by Crippen LogP contribution is 2.51. The van der Waals surface area contributed by atoms with Crippen LogP contribution in [0.3, 0.4) is 0 Å². The maximum Gasteiger partial charge on any atom is 0.348 e. The zero-order valence-electron chi connectivity index (χ0n) is 18.1. The van der Waals surface area contributed by atoms with Crippen LogP contribution in [0, 0.1) is 5.82 Å². The Morgan fingerprint density at radius 3 is 2.77 bits per heavy atom. The van der Waals surface area contributed by atoms with Gasteiger partial charge < -0.3 is 25.4 Å². The van der Waals surface area contributed by atoms with Crippen molar-refractivity contribution in [1.82, 2.24) is 9.78 Å². The van der Waals surface area contributed by atoms with Gasteiger partial charge in [-0.05, 0) is 35.9 Å². The monoisotopic (exact) mass is 521 g/mol. The smallest absolute Gasteiger partial charge is 0.348 e. The van der Waals surface area contributed by atoms with Gasteiger partial charge in [0.15, 0.2) is 18.2 Å². The summed E-state index contributed by atoms with van der Waals surface area (Å²) in [4.78, 5) is 24.2. The first-order valence-electron chi connectivity index (χ1n) is 9.93. The van der Waals surface area contributed by atoms with E-state index in [0.717, 1.165) is 16.9 Å². The molecule has 0 fully saturated rings. The number of aromatic nitrogens is 2. The first-order chi connectivity index (χ1) is 16.6. The lowest BCUT2D eigenvalue weighted by Gasteiger charge is -2.24. The number of nitrogens with one attached hydrogen (secondary N) is 1. The Kier molecular flexibility index (Phi) is 6.62. The van der Waals surface area contributed by atoms with Crippen LogP contribution in [0.15, 0.2) is 52.2 Å². The van der Waals surface area contributed by atoms with Crippen molar-refractivity contribution >= 4 is 41.9 Å². The predicted molar refractivity (Wildman–Crippen MR) is 126 cm³/mol. The molecule has 0 bridgehead atoms. The van der Waals surface area contributed by atoms with E-state index in [-0.39, 0.29) is 46.3 Å². The SMILES string of the molecule is COP1(=O)N=C(c2c(O)cnn(Cc3ccc(F)c(Cl)c3)c2=O)Nc2ccc(OCC(N)=O)cc21. The number of rotatable bonds is 7. The molecule has 4 N–H and O–H groups in total. The van der Waals surface area contributed by atoms with Gasteiger partial charge in [0.05, 0.1) is 28.8 Å². The van der Waals surface area contributed by atoms with Crippen molar-refractivity contribution < 1.29 is 28.1 Å². The summed E-state index contributed by atoms with van der Waals surface area (Å²) in [5.74, 6) is -1.82. The topological polar surface area (TPSA) is 158 Å². The highest BCUT2D eigenvalue weighted by atomic mass is 35.5. The molecule has 4 rings (SSSR count). The zero-order chi connectivity index (χ0) is 25.3. The number of amidine groups is 1. The molecule has 0 saturated heterocycles. The molecule has 0 radical (unpaired) electrons. The fraction of sp³-hybridized carbons (Fsp3) is 0.143. The van der Waals surface area contributed by atoms with Crippen LogP contribution in [0.4, 0.5) is 10.1 Å². The highest BCUT2D eigenvalue weighted by Gasteiger charge is 2.35. The summed E-state index contributed by atoms with van der Waals surface area (Å²) in [5.41, 5.74) is 4.78. The number of halogens is 2. The third-order valence-electron chi connectivity index (χ3n) is 4.96. The van der Waals surface area contributed by atoms with E-state index in [2.05, 4.69) is 15.2 Å². The molecule has 182 valence electrons. The van der Waals surface area contributed by atoms with Crippen LogP contribution >= 0.6 is 19.1 Å². The molecule has 1 aliphatic heterocycles. The van der Waals surface area contributed by atoms with Crippen molar-refractivity contribution in [3.63, 3.8) is 0 Å². The van der Waals surface area contributed by atoms with Crippen LogP contribution in [0.1, 0.15) is 11.1 Å². The third-order valence-corrected chi connectivity index (χ3v) is 7.19. The third kappa shape index (κ3) is 4.90. The predicted octanol–water partition coefficient (Wildman–Crippen LogP) is 1.99. The van der Waals surface area contributed by atoms with Crippen LogP contribution in [0.5, 0.6) is 11.5 Å². The first kappa shape index (κ1) is 24.4. The van der Waals surface area contributed by atoms with Gasteiger partial charge in [-0.2, -0.15) is 9.86 Å². The average molecular weight is 522 g/mol. The van der Waals surface area contributed by atoms with E-state index in [9.17, 15) is 23.7 Å². The molecule has 1 amide bonds. The van der Waals surface area contributed by atoms with Crippen molar-refractivity contribution in [3.8, 4) is 11.5 Å². The summed E-state index contributed by atoms with van der Waals surface area (Å²) < 4.78 is 42.5. The summed E-state index contributed by atoms with van der Waals surface area (Å²) in [6, 6.07) is 8.29. The van der Waals surface area contributed by atoms with Gasteiger partial charge in [-0.3, -0.25) is 14.2 Å². The number of amides is 1. The molecule has 1 unspecified atom stereocenters. The molecular formula is C21H18ClFN5O6P. The Morgan fingerprint density at radius 2 is 2.09 bits per heavy atom. The van der Waals surface area contributed by atoms with Gasteiger partial charge >= 0.3 is 7.52 Å². The van der Waals surface area contributed by atoms with Crippen LogP contribution in [0.25, 0.3) is 0 Å². The Hall–Kier alpha value is -3.73. The minimum atomic E-state index is -3.92. The van der Waals surface area contributed by atoms with Crippen molar-refractivity contribution in [2.45, 2.75) is 6.54 Å². The molecule has 2 aromatic carbocycles. The molecule has 0 saturated carbocycles. The number of primary amides is 1. The second kappa shape index (κ2) is 9.49. The fourth-order valence-electron chi connectivity index (χ4n) is 3.31. The van der Waals surface area contributed by atoms with E-state index in [1.807, 2.05) is 0 Å². The van der Waals surface area contributed by atoms with E-state index in [1.54, 1.807) is 0 Å². The maximum absolute atomic E-state index is 13.5. The Balaban J connectivity index is 1.74. The molecule has 11 nitrogen and oxygen atoms in total. The zero-order valence-corrected chi connectivity index (χ0v) is 19.7. The van der Waals surface area contributed by atoms with Crippen molar-refractivity contribution in [1.29, 1.82) is 0 Å². The van der Waals surface area contributed by atoms with Crippen molar-refractivity contribution in [2.24, 2.45) is 10.5 Å². The van der Waals surface area contributed by atoms with Crippen LogP contribution in [-0.4, -0.2) is 40.3 Å². The number of carbonyl (C=O) groups is 1. The molecule has 1 atom stereocenters. The minimum Gasteiger partial charge on any atom is -0.505 e. The van der Waals surface area contributed by atoms with Crippen molar-refractivity contribution in [3.05, 3.63) is 74.9 Å². The minimum absolute atomic E-state index is 0.0848. The second-order valence-corrected chi connectivity index (χ2v) is 9.82. The lowest BCUT2D eigenvalue weighted by molar-refractivity contribution is -0.119. The number of nitrogens with zero attached hydrogens (tertiary/aromatic N) is 3.